The number of ether oxygens (including phenoxy) is 1. The van der Waals surface area contributed by atoms with Crippen molar-refractivity contribution < 1.29 is 4.74 Å². The highest BCUT2D eigenvalue weighted by atomic mass is 79.9. The summed E-state index contributed by atoms with van der Waals surface area (Å²) in [7, 11) is 0. The van der Waals surface area contributed by atoms with Crippen LogP contribution in [0.25, 0.3) is 0 Å². The molecule has 1 aromatic rings. The van der Waals surface area contributed by atoms with Gasteiger partial charge < -0.3 is 10.1 Å². The Kier molecular flexibility index (Phi) is 8.46. The predicted octanol–water partition coefficient (Wildman–Crippen LogP) is 4.84. The maximum atomic E-state index is 5.71. The molecule has 0 aliphatic carbocycles. The van der Waals surface area contributed by atoms with Gasteiger partial charge in [0.05, 0.1) is 11.1 Å². The maximum Gasteiger partial charge on any atom is 0.138 e. The van der Waals surface area contributed by atoms with Crippen LogP contribution >= 0.6 is 43.6 Å². The van der Waals surface area contributed by atoms with Crippen LogP contribution in [0.2, 0.25) is 0 Å². The molecule has 0 saturated carbocycles. The summed E-state index contributed by atoms with van der Waals surface area (Å²) < 4.78 is 7.78. The Labute approximate surface area is 137 Å². The highest BCUT2D eigenvalue weighted by Crippen LogP contribution is 2.32. The van der Waals surface area contributed by atoms with E-state index in [1.807, 2.05) is 24.8 Å². The smallest absolute Gasteiger partial charge is 0.138 e. The second-order valence-electron chi connectivity index (χ2n) is 4.32. The summed E-state index contributed by atoms with van der Waals surface area (Å²) in [6.45, 7) is 6.79. The fourth-order valence-corrected chi connectivity index (χ4v) is 3.48. The van der Waals surface area contributed by atoms with Crippen LogP contribution in [0.4, 0.5) is 0 Å². The molecule has 0 aliphatic rings. The van der Waals surface area contributed by atoms with Crippen molar-refractivity contribution in [3.05, 3.63) is 26.6 Å². The molecule has 0 fully saturated rings. The predicted molar refractivity (Wildman–Crippen MR) is 92.3 cm³/mol. The molecule has 1 N–H and O–H groups in total. The van der Waals surface area contributed by atoms with E-state index >= 15 is 0 Å². The van der Waals surface area contributed by atoms with Gasteiger partial charge in [0.1, 0.15) is 5.75 Å². The van der Waals surface area contributed by atoms with Crippen molar-refractivity contribution in [1.29, 1.82) is 0 Å². The zero-order chi connectivity index (χ0) is 14.3. The number of rotatable bonds is 8. The summed E-state index contributed by atoms with van der Waals surface area (Å²) in [4.78, 5) is 0. The van der Waals surface area contributed by atoms with Gasteiger partial charge in [-0.05, 0) is 54.2 Å². The lowest BCUT2D eigenvalue weighted by Crippen LogP contribution is -2.18. The van der Waals surface area contributed by atoms with Crippen molar-refractivity contribution in [3.63, 3.8) is 0 Å². The molecule has 0 heterocycles. The monoisotopic (exact) mass is 409 g/mol. The lowest BCUT2D eigenvalue weighted by molar-refractivity contribution is 0.333. The zero-order valence-corrected chi connectivity index (χ0v) is 15.6. The molecule has 19 heavy (non-hydrogen) atoms. The summed E-state index contributed by atoms with van der Waals surface area (Å²) in [5, 5.41) is 4.19. The minimum Gasteiger partial charge on any atom is -0.492 e. The summed E-state index contributed by atoms with van der Waals surface area (Å²) in [5.41, 5.74) is 1.18. The Morgan fingerprint density at radius 3 is 2.74 bits per heavy atom. The molecule has 0 saturated heterocycles. The van der Waals surface area contributed by atoms with Gasteiger partial charge in [0, 0.05) is 21.8 Å². The van der Waals surface area contributed by atoms with Crippen molar-refractivity contribution in [1.82, 2.24) is 5.32 Å². The van der Waals surface area contributed by atoms with Crippen LogP contribution in [0, 0.1) is 0 Å². The van der Waals surface area contributed by atoms with Crippen molar-refractivity contribution in [2.45, 2.75) is 32.1 Å². The molecular formula is C14H21Br2NOS. The molecule has 0 radical (unpaired) electrons. The Hall–Kier alpha value is 0.290. The molecule has 0 bridgehead atoms. The number of hydrogen-bond acceptors (Lipinski definition) is 3. The van der Waals surface area contributed by atoms with Gasteiger partial charge >= 0.3 is 0 Å². The van der Waals surface area contributed by atoms with Crippen LogP contribution in [0.15, 0.2) is 21.1 Å². The molecule has 0 aliphatic heterocycles. The summed E-state index contributed by atoms with van der Waals surface area (Å²) >= 11 is 8.99. The topological polar surface area (TPSA) is 21.3 Å². The van der Waals surface area contributed by atoms with Gasteiger partial charge in [-0.2, -0.15) is 11.8 Å². The van der Waals surface area contributed by atoms with Crippen LogP contribution in [0.5, 0.6) is 5.75 Å². The largest absolute Gasteiger partial charge is 0.492 e. The molecule has 1 atom stereocenters. The van der Waals surface area contributed by atoms with E-state index in [2.05, 4.69) is 56.4 Å². The molecular weight excluding hydrogens is 390 g/mol. The number of nitrogens with one attached hydrogen (secondary N) is 1. The summed E-state index contributed by atoms with van der Waals surface area (Å²) in [6.07, 6.45) is 3.34. The average Bonchev–Trinajstić information content (AvgIpc) is 2.38. The first kappa shape index (κ1) is 17.3. The third-order valence-electron chi connectivity index (χ3n) is 2.82. The Bertz CT molecular complexity index is 401. The fourth-order valence-electron chi connectivity index (χ4n) is 1.70. The molecule has 1 unspecified atom stereocenters. The molecule has 1 aromatic carbocycles. The van der Waals surface area contributed by atoms with E-state index in [1.54, 1.807) is 0 Å². The van der Waals surface area contributed by atoms with E-state index in [9.17, 15) is 0 Å². The normalized spacial score (nSPS) is 12.5. The van der Waals surface area contributed by atoms with E-state index in [4.69, 9.17) is 4.74 Å². The maximum absolute atomic E-state index is 5.71. The average molecular weight is 411 g/mol. The van der Waals surface area contributed by atoms with Crippen molar-refractivity contribution >= 4 is 43.6 Å². The number of benzene rings is 1. The summed E-state index contributed by atoms with van der Waals surface area (Å²) in [6, 6.07) is 4.13. The first-order chi connectivity index (χ1) is 9.08. The van der Waals surface area contributed by atoms with Crippen LogP contribution in [-0.2, 0) is 6.54 Å². The second kappa shape index (κ2) is 9.27. The van der Waals surface area contributed by atoms with Crippen LogP contribution in [0.1, 0.15) is 25.8 Å². The zero-order valence-electron chi connectivity index (χ0n) is 11.6. The molecule has 1 rings (SSSR count). The quantitative estimate of drug-likeness (QED) is 0.619. The summed E-state index contributed by atoms with van der Waals surface area (Å²) in [5.74, 6) is 0.941. The van der Waals surface area contributed by atoms with Crippen molar-refractivity contribution in [2.75, 3.05) is 19.4 Å². The van der Waals surface area contributed by atoms with Gasteiger partial charge in [0.15, 0.2) is 0 Å². The third kappa shape index (κ3) is 6.06. The van der Waals surface area contributed by atoms with Crippen LogP contribution in [0.3, 0.4) is 0 Å². The molecule has 0 amide bonds. The number of thioether (sulfide) groups is 1. The molecule has 108 valence electrons. The number of hydrogen-bond donors (Lipinski definition) is 1. The van der Waals surface area contributed by atoms with E-state index in [0.29, 0.717) is 11.9 Å². The highest BCUT2D eigenvalue weighted by Gasteiger charge is 2.09. The Morgan fingerprint density at radius 1 is 1.37 bits per heavy atom. The number of halogens is 2. The van der Waals surface area contributed by atoms with Gasteiger partial charge in [-0.25, -0.2) is 0 Å². The van der Waals surface area contributed by atoms with Gasteiger partial charge in [0.25, 0.3) is 0 Å². The molecule has 0 aromatic heterocycles. The lowest BCUT2D eigenvalue weighted by atomic mass is 10.2. The third-order valence-corrected chi connectivity index (χ3v) is 4.91. The highest BCUT2D eigenvalue weighted by molar-refractivity contribution is 9.11. The second-order valence-corrected chi connectivity index (χ2v) is 7.37. The molecule has 0 spiro atoms. The van der Waals surface area contributed by atoms with Gasteiger partial charge in [-0.15, -0.1) is 0 Å². The minimum absolute atomic E-state index is 0.677. The Morgan fingerprint density at radius 2 is 2.11 bits per heavy atom. The van der Waals surface area contributed by atoms with E-state index in [0.717, 1.165) is 27.8 Å². The van der Waals surface area contributed by atoms with E-state index in [1.165, 1.54) is 12.0 Å². The molecule has 5 heteroatoms. The lowest BCUT2D eigenvalue weighted by Gasteiger charge is -2.14. The fraction of sp³-hybridized carbons (Fsp3) is 0.571. The van der Waals surface area contributed by atoms with Gasteiger partial charge in [-0.1, -0.05) is 22.9 Å². The van der Waals surface area contributed by atoms with E-state index in [-0.39, 0.29) is 0 Å². The molecule has 2 nitrogen and oxygen atoms in total. The first-order valence-electron chi connectivity index (χ1n) is 6.42. The Balaban J connectivity index is 2.61. The van der Waals surface area contributed by atoms with E-state index < -0.39 is 0 Å². The SMILES string of the molecule is CCOc1c(Br)cc(Br)cc1CNCCC(C)SC. The standard InChI is InChI=1S/C14H21Br2NOS/c1-4-18-14-11(7-12(15)8-13(14)16)9-17-6-5-10(2)19-3/h7-8,10,17H,4-6,9H2,1-3H3. The van der Waals surface area contributed by atoms with Crippen molar-refractivity contribution in [3.8, 4) is 5.75 Å². The minimum atomic E-state index is 0.677. The van der Waals surface area contributed by atoms with Gasteiger partial charge in [-0.3, -0.25) is 0 Å². The van der Waals surface area contributed by atoms with Crippen LogP contribution in [-0.4, -0.2) is 24.7 Å². The first-order valence-corrected chi connectivity index (χ1v) is 9.30. The van der Waals surface area contributed by atoms with Crippen molar-refractivity contribution in [2.24, 2.45) is 0 Å². The van der Waals surface area contributed by atoms with Gasteiger partial charge in [0.2, 0.25) is 0 Å². The van der Waals surface area contributed by atoms with Crippen LogP contribution < -0.4 is 10.1 Å².